The molecular formula is C26H23N5O5. The minimum Gasteiger partial charge on any atom is -0.493 e. The number of aromatic nitrogens is 4. The van der Waals surface area contributed by atoms with Crippen LogP contribution in [0.25, 0.3) is 16.7 Å². The summed E-state index contributed by atoms with van der Waals surface area (Å²) in [6.45, 7) is 1.60. The summed E-state index contributed by atoms with van der Waals surface area (Å²) in [5, 5.41) is 7.16. The predicted octanol–water partition coefficient (Wildman–Crippen LogP) is 3.80. The zero-order valence-corrected chi connectivity index (χ0v) is 19.9. The van der Waals surface area contributed by atoms with Crippen LogP contribution in [0, 0.1) is 6.92 Å². The van der Waals surface area contributed by atoms with Crippen molar-refractivity contribution in [2.45, 2.75) is 13.5 Å². The standard InChI is InChI=1S/C26H23N5O5/c1-16-8-4-7-11-20(16)36-25-24-29-30(26(33)31(24)19-10-6-5-9-18(19)28-25)15-23(32)27-17-12-13-21(34-2)22(14-17)35-3/h4-14H,15H2,1-3H3,(H,27,32). The van der Waals surface area contributed by atoms with Crippen molar-refractivity contribution in [1.82, 2.24) is 19.2 Å². The molecule has 0 atom stereocenters. The van der Waals surface area contributed by atoms with Crippen LogP contribution in [0.1, 0.15) is 5.56 Å². The van der Waals surface area contributed by atoms with E-state index < -0.39 is 11.6 Å². The maximum Gasteiger partial charge on any atom is 0.351 e. The second kappa shape index (κ2) is 9.41. The molecule has 0 unspecified atom stereocenters. The molecule has 2 heterocycles. The third-order valence-corrected chi connectivity index (χ3v) is 5.64. The number of para-hydroxylation sites is 3. The van der Waals surface area contributed by atoms with Gasteiger partial charge in [0.15, 0.2) is 11.5 Å². The number of hydrogen-bond donors (Lipinski definition) is 1. The second-order valence-corrected chi connectivity index (χ2v) is 7.99. The van der Waals surface area contributed by atoms with Crippen LogP contribution in [0.15, 0.2) is 71.5 Å². The van der Waals surface area contributed by atoms with E-state index in [1.165, 1.54) is 18.6 Å². The van der Waals surface area contributed by atoms with Gasteiger partial charge in [-0.3, -0.25) is 4.79 Å². The number of amides is 1. The van der Waals surface area contributed by atoms with Crippen LogP contribution in [0.4, 0.5) is 5.69 Å². The zero-order valence-electron chi connectivity index (χ0n) is 19.9. The number of benzene rings is 3. The highest BCUT2D eigenvalue weighted by atomic mass is 16.5. The molecule has 0 aliphatic rings. The van der Waals surface area contributed by atoms with Crippen LogP contribution in [0.2, 0.25) is 0 Å². The van der Waals surface area contributed by atoms with Gasteiger partial charge in [-0.25, -0.2) is 18.9 Å². The number of methoxy groups -OCH3 is 2. The molecule has 182 valence electrons. The van der Waals surface area contributed by atoms with Gasteiger partial charge in [0.05, 0.1) is 25.3 Å². The lowest BCUT2D eigenvalue weighted by Crippen LogP contribution is -2.28. The third kappa shape index (κ3) is 4.20. The predicted molar refractivity (Wildman–Crippen MR) is 134 cm³/mol. The topological polar surface area (TPSA) is 109 Å². The number of carbonyl (C=O) groups excluding carboxylic acids is 1. The zero-order chi connectivity index (χ0) is 25.2. The molecule has 0 radical (unpaired) electrons. The van der Waals surface area contributed by atoms with Gasteiger partial charge in [0.25, 0.3) is 5.88 Å². The molecule has 1 N–H and O–H groups in total. The minimum atomic E-state index is -0.485. The van der Waals surface area contributed by atoms with Crippen molar-refractivity contribution in [3.63, 3.8) is 0 Å². The van der Waals surface area contributed by atoms with Crippen molar-refractivity contribution >= 4 is 28.3 Å². The lowest BCUT2D eigenvalue weighted by molar-refractivity contribution is -0.117. The highest BCUT2D eigenvalue weighted by Crippen LogP contribution is 2.30. The van der Waals surface area contributed by atoms with E-state index in [9.17, 15) is 9.59 Å². The molecule has 2 aromatic heterocycles. The lowest BCUT2D eigenvalue weighted by atomic mass is 10.2. The largest absolute Gasteiger partial charge is 0.493 e. The second-order valence-electron chi connectivity index (χ2n) is 7.99. The van der Waals surface area contributed by atoms with Gasteiger partial charge in [-0.1, -0.05) is 30.3 Å². The monoisotopic (exact) mass is 485 g/mol. The Hall–Kier alpha value is -4.86. The van der Waals surface area contributed by atoms with Gasteiger partial charge in [-0.15, -0.1) is 5.10 Å². The van der Waals surface area contributed by atoms with Crippen LogP contribution >= 0.6 is 0 Å². The van der Waals surface area contributed by atoms with Gasteiger partial charge >= 0.3 is 5.69 Å². The molecule has 0 saturated heterocycles. The number of fused-ring (bicyclic) bond motifs is 3. The third-order valence-electron chi connectivity index (χ3n) is 5.64. The van der Waals surface area contributed by atoms with E-state index in [-0.39, 0.29) is 18.1 Å². The highest BCUT2D eigenvalue weighted by molar-refractivity contribution is 5.91. The number of anilines is 1. The minimum absolute atomic E-state index is 0.166. The molecule has 5 aromatic rings. The van der Waals surface area contributed by atoms with Gasteiger partial charge in [-0.2, -0.15) is 0 Å². The van der Waals surface area contributed by atoms with Crippen molar-refractivity contribution in [3.8, 4) is 23.1 Å². The smallest absolute Gasteiger partial charge is 0.351 e. The van der Waals surface area contributed by atoms with Crippen molar-refractivity contribution < 1.29 is 19.0 Å². The van der Waals surface area contributed by atoms with Crippen molar-refractivity contribution in [2.24, 2.45) is 0 Å². The van der Waals surface area contributed by atoms with Crippen LogP contribution < -0.4 is 25.2 Å². The number of ether oxygens (including phenoxy) is 3. The van der Waals surface area contributed by atoms with Crippen molar-refractivity contribution in [2.75, 3.05) is 19.5 Å². The van der Waals surface area contributed by atoms with Crippen molar-refractivity contribution in [3.05, 3.63) is 82.8 Å². The first-order valence-corrected chi connectivity index (χ1v) is 11.1. The summed E-state index contributed by atoms with van der Waals surface area (Å²) >= 11 is 0. The molecular weight excluding hydrogens is 462 g/mol. The van der Waals surface area contributed by atoms with E-state index >= 15 is 0 Å². The maximum atomic E-state index is 13.3. The van der Waals surface area contributed by atoms with E-state index in [0.29, 0.717) is 34.0 Å². The van der Waals surface area contributed by atoms with Crippen LogP contribution in [0.5, 0.6) is 23.1 Å². The molecule has 0 saturated carbocycles. The fraction of sp³-hybridized carbons (Fsp3) is 0.154. The molecule has 0 aliphatic carbocycles. The van der Waals surface area contributed by atoms with E-state index in [0.717, 1.165) is 10.2 Å². The van der Waals surface area contributed by atoms with Gasteiger partial charge in [-0.05, 0) is 42.8 Å². The molecule has 3 aromatic carbocycles. The van der Waals surface area contributed by atoms with Crippen LogP contribution in [0.3, 0.4) is 0 Å². The number of nitrogens with one attached hydrogen (secondary N) is 1. The lowest BCUT2D eigenvalue weighted by Gasteiger charge is -2.10. The number of aryl methyl sites for hydroxylation is 1. The Kier molecular flexibility index (Phi) is 5.99. The highest BCUT2D eigenvalue weighted by Gasteiger charge is 2.19. The fourth-order valence-electron chi connectivity index (χ4n) is 3.87. The molecule has 0 fully saturated rings. The summed E-state index contributed by atoms with van der Waals surface area (Å²) < 4.78 is 19.1. The van der Waals surface area contributed by atoms with E-state index in [4.69, 9.17) is 14.2 Å². The molecule has 36 heavy (non-hydrogen) atoms. The Labute approximate surface area is 205 Å². The van der Waals surface area contributed by atoms with Crippen LogP contribution in [-0.2, 0) is 11.3 Å². The Morgan fingerprint density at radius 1 is 0.944 bits per heavy atom. The first-order valence-electron chi connectivity index (χ1n) is 11.1. The molecule has 0 bridgehead atoms. The molecule has 5 rings (SSSR count). The normalized spacial score (nSPS) is 11.0. The Bertz CT molecular complexity index is 1660. The van der Waals surface area contributed by atoms with Gasteiger partial charge in [0.2, 0.25) is 11.6 Å². The summed E-state index contributed by atoms with van der Waals surface area (Å²) in [5.74, 6) is 1.32. The maximum absolute atomic E-state index is 13.3. The quantitative estimate of drug-likeness (QED) is 0.373. The molecule has 1 amide bonds. The first kappa shape index (κ1) is 22.9. The van der Waals surface area contributed by atoms with Crippen molar-refractivity contribution in [1.29, 1.82) is 0 Å². The summed E-state index contributed by atoms with van der Waals surface area (Å²) in [6, 6.07) is 19.7. The Morgan fingerprint density at radius 2 is 1.69 bits per heavy atom. The number of carbonyl (C=O) groups is 1. The molecule has 0 spiro atoms. The van der Waals surface area contributed by atoms with Gasteiger partial charge in [0.1, 0.15) is 12.3 Å². The summed E-state index contributed by atoms with van der Waals surface area (Å²) in [5.41, 5.74) is 2.24. The summed E-state index contributed by atoms with van der Waals surface area (Å²) in [7, 11) is 3.04. The van der Waals surface area contributed by atoms with Gasteiger partial charge in [0, 0.05) is 11.8 Å². The molecule has 10 nitrogen and oxygen atoms in total. The average Bonchev–Trinajstić information content (AvgIpc) is 3.21. The van der Waals surface area contributed by atoms with Gasteiger partial charge < -0.3 is 19.5 Å². The SMILES string of the molecule is COc1ccc(NC(=O)Cn2nc3c(Oc4ccccc4C)nc4ccccc4n3c2=O)cc1OC. The first-order chi connectivity index (χ1) is 17.5. The number of hydrogen-bond acceptors (Lipinski definition) is 7. The number of rotatable bonds is 7. The molecule has 0 aliphatic heterocycles. The Morgan fingerprint density at radius 3 is 2.47 bits per heavy atom. The van der Waals surface area contributed by atoms with E-state index in [2.05, 4.69) is 15.4 Å². The summed E-state index contributed by atoms with van der Waals surface area (Å²) in [4.78, 5) is 30.8. The van der Waals surface area contributed by atoms with Crippen LogP contribution in [-0.4, -0.2) is 39.3 Å². The Balaban J connectivity index is 1.52. The number of nitrogens with zero attached hydrogens (tertiary/aromatic N) is 4. The van der Waals surface area contributed by atoms with E-state index in [1.807, 2.05) is 37.3 Å². The average molecular weight is 486 g/mol. The van der Waals surface area contributed by atoms with E-state index in [1.54, 1.807) is 36.4 Å². The molecule has 10 heteroatoms. The fourth-order valence-corrected chi connectivity index (χ4v) is 3.87. The summed E-state index contributed by atoms with van der Waals surface area (Å²) in [6.07, 6.45) is 0.